The third kappa shape index (κ3) is 4.81. The number of primary amides is 1. The van der Waals surface area contributed by atoms with Gasteiger partial charge in [-0.25, -0.2) is 4.79 Å². The zero-order chi connectivity index (χ0) is 12.8. The van der Waals surface area contributed by atoms with Gasteiger partial charge in [0.15, 0.2) is 0 Å². The Bertz CT molecular complexity index is 398. The molecule has 0 aliphatic rings. The fourth-order valence-corrected chi connectivity index (χ4v) is 1.68. The first-order valence-electron chi connectivity index (χ1n) is 5.22. The molecule has 1 atom stereocenters. The minimum atomic E-state index is -0.519. The van der Waals surface area contributed by atoms with Gasteiger partial charge in [0.1, 0.15) is 0 Å². The van der Waals surface area contributed by atoms with E-state index < -0.39 is 6.03 Å². The van der Waals surface area contributed by atoms with Gasteiger partial charge in [-0.3, -0.25) is 0 Å². The lowest BCUT2D eigenvalue weighted by molar-refractivity contribution is 0.249. The summed E-state index contributed by atoms with van der Waals surface area (Å²) in [6.45, 7) is 3.12. The average Bonchev–Trinajstić information content (AvgIpc) is 2.27. The topological polar surface area (TPSA) is 67.2 Å². The molecule has 94 valence electrons. The van der Waals surface area contributed by atoms with Crippen LogP contribution in [0.15, 0.2) is 18.2 Å². The van der Waals surface area contributed by atoms with Crippen LogP contribution < -0.4 is 16.4 Å². The molecule has 2 amide bonds. The molecule has 4 nitrogen and oxygen atoms in total. The molecule has 0 spiro atoms. The van der Waals surface area contributed by atoms with Crippen molar-refractivity contribution >= 4 is 29.2 Å². The van der Waals surface area contributed by atoms with Gasteiger partial charge in [0, 0.05) is 19.1 Å². The summed E-state index contributed by atoms with van der Waals surface area (Å²) in [6.07, 6.45) is 0. The molecule has 1 aromatic carbocycles. The first-order valence-corrected chi connectivity index (χ1v) is 5.98. The molecule has 0 bridgehead atoms. The highest BCUT2D eigenvalue weighted by Gasteiger charge is 2.06. The lowest BCUT2D eigenvalue weighted by Crippen LogP contribution is -2.36. The molecule has 1 aromatic rings. The van der Waals surface area contributed by atoms with E-state index in [4.69, 9.17) is 28.9 Å². The van der Waals surface area contributed by atoms with E-state index >= 15 is 0 Å². The molecular weight excluding hydrogens is 261 g/mol. The monoisotopic (exact) mass is 275 g/mol. The van der Waals surface area contributed by atoms with Crippen LogP contribution >= 0.6 is 23.2 Å². The van der Waals surface area contributed by atoms with Gasteiger partial charge in [-0.05, 0) is 24.6 Å². The first-order chi connectivity index (χ1) is 8.00. The third-order valence-corrected chi connectivity index (χ3v) is 3.06. The summed E-state index contributed by atoms with van der Waals surface area (Å²) in [5.74, 6) is 0. The largest absolute Gasteiger partial charge is 0.352 e. The maximum absolute atomic E-state index is 10.4. The van der Waals surface area contributed by atoms with E-state index in [1.54, 1.807) is 6.07 Å². The summed E-state index contributed by atoms with van der Waals surface area (Å²) in [4.78, 5) is 10.4. The summed E-state index contributed by atoms with van der Waals surface area (Å²) >= 11 is 11.8. The van der Waals surface area contributed by atoms with Crippen molar-refractivity contribution in [2.75, 3.05) is 13.1 Å². The Balaban J connectivity index is 2.44. The fourth-order valence-electron chi connectivity index (χ4n) is 1.37. The highest BCUT2D eigenvalue weighted by molar-refractivity contribution is 6.42. The quantitative estimate of drug-likeness (QED) is 0.722. The highest BCUT2D eigenvalue weighted by Crippen LogP contribution is 2.25. The van der Waals surface area contributed by atoms with Gasteiger partial charge >= 0.3 is 6.03 Å². The Morgan fingerprint density at radius 1 is 1.35 bits per heavy atom. The van der Waals surface area contributed by atoms with E-state index in [9.17, 15) is 4.79 Å². The third-order valence-electron chi connectivity index (χ3n) is 2.32. The van der Waals surface area contributed by atoms with Crippen molar-refractivity contribution in [3.8, 4) is 0 Å². The van der Waals surface area contributed by atoms with Crippen LogP contribution in [0.4, 0.5) is 4.79 Å². The normalized spacial score (nSPS) is 12.2. The second kappa shape index (κ2) is 6.69. The van der Waals surface area contributed by atoms with Gasteiger partial charge in [-0.15, -0.1) is 0 Å². The first kappa shape index (κ1) is 14.1. The number of amides is 2. The van der Waals surface area contributed by atoms with Crippen molar-refractivity contribution in [3.05, 3.63) is 33.8 Å². The van der Waals surface area contributed by atoms with Gasteiger partial charge < -0.3 is 16.4 Å². The van der Waals surface area contributed by atoms with Gasteiger partial charge in [-0.1, -0.05) is 29.3 Å². The molecule has 0 aromatic heterocycles. The van der Waals surface area contributed by atoms with Crippen molar-refractivity contribution in [1.82, 2.24) is 10.6 Å². The predicted molar refractivity (Wildman–Crippen MR) is 70.5 cm³/mol. The second-order valence-corrected chi connectivity index (χ2v) is 4.45. The molecule has 0 aliphatic heterocycles. The molecule has 0 aliphatic carbocycles. The van der Waals surface area contributed by atoms with E-state index in [0.29, 0.717) is 23.1 Å². The summed E-state index contributed by atoms with van der Waals surface area (Å²) in [5, 5.41) is 6.81. The highest BCUT2D eigenvalue weighted by atomic mass is 35.5. The molecule has 17 heavy (non-hydrogen) atoms. The molecule has 0 fully saturated rings. The van der Waals surface area contributed by atoms with E-state index in [1.165, 1.54) is 0 Å². The Hall–Kier alpha value is -0.970. The smallest absolute Gasteiger partial charge is 0.312 e. The Morgan fingerprint density at radius 2 is 2.06 bits per heavy atom. The number of urea groups is 1. The summed E-state index contributed by atoms with van der Waals surface area (Å²) in [6, 6.07) is 5.10. The average molecular weight is 276 g/mol. The molecular formula is C11H15Cl2N3O. The van der Waals surface area contributed by atoms with Crippen LogP contribution in [0, 0.1) is 0 Å². The van der Waals surface area contributed by atoms with Crippen molar-refractivity contribution in [1.29, 1.82) is 0 Å². The number of carbonyl (C=O) groups is 1. The van der Waals surface area contributed by atoms with Crippen LogP contribution in [-0.2, 0) is 0 Å². The lowest BCUT2D eigenvalue weighted by Gasteiger charge is -2.14. The van der Waals surface area contributed by atoms with E-state index in [-0.39, 0.29) is 6.04 Å². The number of benzene rings is 1. The van der Waals surface area contributed by atoms with Crippen molar-refractivity contribution in [3.63, 3.8) is 0 Å². The minimum Gasteiger partial charge on any atom is -0.352 e. The van der Waals surface area contributed by atoms with Crippen LogP contribution in [0.25, 0.3) is 0 Å². The van der Waals surface area contributed by atoms with Crippen LogP contribution in [0.5, 0.6) is 0 Å². The number of rotatable bonds is 5. The predicted octanol–water partition coefficient (Wildman–Crippen LogP) is 2.31. The van der Waals surface area contributed by atoms with Gasteiger partial charge in [0.05, 0.1) is 10.0 Å². The van der Waals surface area contributed by atoms with E-state index in [0.717, 1.165) is 5.56 Å². The number of halogens is 2. The lowest BCUT2D eigenvalue weighted by atomic mass is 10.1. The zero-order valence-corrected chi connectivity index (χ0v) is 11.0. The standard InChI is InChI=1S/C11H15Cl2N3O/c1-7(15-4-5-16-11(14)17)8-2-3-9(12)10(13)6-8/h2-3,6-7,15H,4-5H2,1H3,(H3,14,16,17). The van der Waals surface area contributed by atoms with Gasteiger partial charge in [-0.2, -0.15) is 0 Å². The number of nitrogens with two attached hydrogens (primary N) is 1. The molecule has 0 saturated carbocycles. The maximum Gasteiger partial charge on any atom is 0.312 e. The van der Waals surface area contributed by atoms with Gasteiger partial charge in [0.2, 0.25) is 0 Å². The van der Waals surface area contributed by atoms with Crippen LogP contribution in [-0.4, -0.2) is 19.1 Å². The Labute approximate surface area is 110 Å². The molecule has 6 heteroatoms. The summed E-state index contributed by atoms with van der Waals surface area (Å²) in [7, 11) is 0. The molecule has 0 saturated heterocycles. The molecule has 0 radical (unpaired) electrons. The van der Waals surface area contributed by atoms with Crippen LogP contribution in [0.3, 0.4) is 0 Å². The van der Waals surface area contributed by atoms with Crippen molar-refractivity contribution in [2.45, 2.75) is 13.0 Å². The fraction of sp³-hybridized carbons (Fsp3) is 0.364. The zero-order valence-electron chi connectivity index (χ0n) is 9.47. The van der Waals surface area contributed by atoms with Crippen LogP contribution in [0.1, 0.15) is 18.5 Å². The molecule has 1 rings (SSSR count). The van der Waals surface area contributed by atoms with Crippen molar-refractivity contribution < 1.29 is 4.79 Å². The number of hydrogen-bond donors (Lipinski definition) is 3. The number of nitrogens with one attached hydrogen (secondary N) is 2. The van der Waals surface area contributed by atoms with Crippen LogP contribution in [0.2, 0.25) is 10.0 Å². The molecule has 0 heterocycles. The second-order valence-electron chi connectivity index (χ2n) is 3.64. The van der Waals surface area contributed by atoms with E-state index in [2.05, 4.69) is 10.6 Å². The Morgan fingerprint density at radius 3 is 2.65 bits per heavy atom. The van der Waals surface area contributed by atoms with Crippen molar-refractivity contribution in [2.24, 2.45) is 5.73 Å². The minimum absolute atomic E-state index is 0.124. The molecule has 1 unspecified atom stereocenters. The van der Waals surface area contributed by atoms with Gasteiger partial charge in [0.25, 0.3) is 0 Å². The van der Waals surface area contributed by atoms with E-state index in [1.807, 2.05) is 19.1 Å². The summed E-state index contributed by atoms with van der Waals surface area (Å²) < 4.78 is 0. The maximum atomic E-state index is 10.4. The molecule has 4 N–H and O–H groups in total. The summed E-state index contributed by atoms with van der Waals surface area (Å²) in [5.41, 5.74) is 5.99. The Kier molecular flexibility index (Phi) is 5.55. The number of carbonyl (C=O) groups excluding carboxylic acids is 1. The SMILES string of the molecule is CC(NCCNC(N)=O)c1ccc(Cl)c(Cl)c1. The number of hydrogen-bond acceptors (Lipinski definition) is 2.